The highest BCUT2D eigenvalue weighted by Crippen LogP contribution is 2.16. The summed E-state index contributed by atoms with van der Waals surface area (Å²) in [4.78, 5) is 0. The van der Waals surface area contributed by atoms with Gasteiger partial charge in [0.1, 0.15) is 0 Å². The summed E-state index contributed by atoms with van der Waals surface area (Å²) < 4.78 is 0. The third-order valence-electron chi connectivity index (χ3n) is 1.31. The lowest BCUT2D eigenvalue weighted by atomic mass is 10.3. The topological polar surface area (TPSA) is 40.5 Å². The van der Waals surface area contributed by atoms with Crippen LogP contribution in [-0.4, -0.2) is 40.2 Å². The highest BCUT2D eigenvalue weighted by molar-refractivity contribution is 8.00. The van der Waals surface area contributed by atoms with Crippen molar-refractivity contribution < 1.29 is 10.2 Å². The number of rotatable bonds is 7. The zero-order valence-electron chi connectivity index (χ0n) is 6.57. The minimum Gasteiger partial charge on any atom is -0.396 e. The average molecular weight is 196 g/mol. The SMILES string of the molecule is OCCCSC(CS)CCO. The molecule has 0 aromatic heterocycles. The molecular formula is C7H16O2S2. The van der Waals surface area contributed by atoms with Crippen molar-refractivity contribution in [2.75, 3.05) is 24.7 Å². The molecule has 0 heterocycles. The van der Waals surface area contributed by atoms with Crippen molar-refractivity contribution >= 4 is 24.4 Å². The summed E-state index contributed by atoms with van der Waals surface area (Å²) in [6.07, 6.45) is 1.64. The van der Waals surface area contributed by atoms with Gasteiger partial charge < -0.3 is 10.2 Å². The van der Waals surface area contributed by atoms with Crippen LogP contribution in [0.1, 0.15) is 12.8 Å². The van der Waals surface area contributed by atoms with Gasteiger partial charge >= 0.3 is 0 Å². The molecule has 2 nitrogen and oxygen atoms in total. The molecule has 0 saturated heterocycles. The Hall–Kier alpha value is 0.620. The Morgan fingerprint density at radius 2 is 2.00 bits per heavy atom. The van der Waals surface area contributed by atoms with E-state index in [1.807, 2.05) is 0 Å². The lowest BCUT2D eigenvalue weighted by Gasteiger charge is -2.11. The Labute approximate surface area is 77.8 Å². The van der Waals surface area contributed by atoms with Gasteiger partial charge in [0, 0.05) is 24.2 Å². The van der Waals surface area contributed by atoms with Crippen LogP contribution in [-0.2, 0) is 0 Å². The van der Waals surface area contributed by atoms with E-state index in [-0.39, 0.29) is 13.2 Å². The van der Waals surface area contributed by atoms with E-state index in [0.29, 0.717) is 5.25 Å². The van der Waals surface area contributed by atoms with Crippen LogP contribution in [0.25, 0.3) is 0 Å². The van der Waals surface area contributed by atoms with Crippen LogP contribution in [0.15, 0.2) is 0 Å². The van der Waals surface area contributed by atoms with Gasteiger partial charge in [-0.1, -0.05) is 0 Å². The first-order valence-electron chi connectivity index (χ1n) is 3.79. The maximum atomic E-state index is 8.63. The second-order valence-electron chi connectivity index (χ2n) is 2.26. The van der Waals surface area contributed by atoms with E-state index in [2.05, 4.69) is 12.6 Å². The Morgan fingerprint density at radius 3 is 2.45 bits per heavy atom. The van der Waals surface area contributed by atoms with Gasteiger partial charge in [-0.2, -0.15) is 24.4 Å². The molecule has 11 heavy (non-hydrogen) atoms. The van der Waals surface area contributed by atoms with Crippen LogP contribution in [0.2, 0.25) is 0 Å². The summed E-state index contributed by atoms with van der Waals surface area (Å²) in [6, 6.07) is 0. The molecule has 0 fully saturated rings. The Morgan fingerprint density at radius 1 is 1.27 bits per heavy atom. The predicted octanol–water partition coefficient (Wildman–Crippen LogP) is 0.783. The molecule has 1 atom stereocenters. The number of hydrogen-bond donors (Lipinski definition) is 3. The van der Waals surface area contributed by atoms with E-state index in [0.717, 1.165) is 24.3 Å². The van der Waals surface area contributed by atoms with E-state index >= 15 is 0 Å². The number of aliphatic hydroxyl groups is 2. The van der Waals surface area contributed by atoms with Gasteiger partial charge in [-0.3, -0.25) is 0 Å². The molecular weight excluding hydrogens is 180 g/mol. The zero-order valence-corrected chi connectivity index (χ0v) is 8.28. The van der Waals surface area contributed by atoms with Crippen molar-refractivity contribution in [1.82, 2.24) is 0 Å². The molecule has 0 aromatic carbocycles. The van der Waals surface area contributed by atoms with Gasteiger partial charge in [-0.25, -0.2) is 0 Å². The van der Waals surface area contributed by atoms with Crippen molar-refractivity contribution in [2.45, 2.75) is 18.1 Å². The Kier molecular flexibility index (Phi) is 9.21. The smallest absolute Gasteiger partial charge is 0.0441 e. The molecule has 4 heteroatoms. The first kappa shape index (κ1) is 11.6. The minimum atomic E-state index is 0.233. The van der Waals surface area contributed by atoms with Crippen molar-refractivity contribution in [3.63, 3.8) is 0 Å². The lowest BCUT2D eigenvalue weighted by molar-refractivity contribution is 0.289. The summed E-state index contributed by atoms with van der Waals surface area (Å²) >= 11 is 5.93. The van der Waals surface area contributed by atoms with Gasteiger partial charge in [-0.15, -0.1) is 0 Å². The quantitative estimate of drug-likeness (QED) is 0.416. The van der Waals surface area contributed by atoms with Gasteiger partial charge in [0.15, 0.2) is 0 Å². The Balaban J connectivity index is 3.20. The molecule has 0 bridgehead atoms. The highest BCUT2D eigenvalue weighted by Gasteiger charge is 2.04. The normalized spacial score (nSPS) is 13.4. The van der Waals surface area contributed by atoms with Gasteiger partial charge in [-0.05, 0) is 18.6 Å². The zero-order chi connectivity index (χ0) is 8.53. The summed E-state index contributed by atoms with van der Waals surface area (Å²) in [6.45, 7) is 0.489. The highest BCUT2D eigenvalue weighted by atomic mass is 32.2. The number of aliphatic hydroxyl groups excluding tert-OH is 2. The number of hydrogen-bond acceptors (Lipinski definition) is 4. The molecule has 0 spiro atoms. The van der Waals surface area contributed by atoms with E-state index in [4.69, 9.17) is 10.2 Å². The van der Waals surface area contributed by atoms with Gasteiger partial charge in [0.25, 0.3) is 0 Å². The number of thioether (sulfide) groups is 1. The molecule has 1 unspecified atom stereocenters. The van der Waals surface area contributed by atoms with Gasteiger partial charge in [0.2, 0.25) is 0 Å². The largest absolute Gasteiger partial charge is 0.396 e. The maximum Gasteiger partial charge on any atom is 0.0441 e. The van der Waals surface area contributed by atoms with Crippen LogP contribution in [0.3, 0.4) is 0 Å². The molecule has 2 N–H and O–H groups in total. The van der Waals surface area contributed by atoms with Crippen LogP contribution in [0.5, 0.6) is 0 Å². The number of thiol groups is 1. The molecule has 0 saturated carbocycles. The molecule has 0 rings (SSSR count). The molecule has 68 valence electrons. The summed E-state index contributed by atoms with van der Waals surface area (Å²) in [7, 11) is 0. The van der Waals surface area contributed by atoms with Crippen molar-refractivity contribution in [3.05, 3.63) is 0 Å². The second kappa shape index (κ2) is 8.71. The minimum absolute atomic E-state index is 0.233. The monoisotopic (exact) mass is 196 g/mol. The summed E-state index contributed by atoms with van der Waals surface area (Å²) in [5.74, 6) is 1.76. The van der Waals surface area contributed by atoms with Crippen LogP contribution >= 0.6 is 24.4 Å². The molecule has 0 radical (unpaired) electrons. The van der Waals surface area contributed by atoms with E-state index in [1.54, 1.807) is 11.8 Å². The summed E-state index contributed by atoms with van der Waals surface area (Å²) in [5, 5.41) is 17.6. The molecule has 0 aliphatic rings. The molecule has 0 amide bonds. The van der Waals surface area contributed by atoms with E-state index in [1.165, 1.54) is 0 Å². The first-order valence-corrected chi connectivity index (χ1v) is 5.47. The standard InChI is InChI=1S/C7H16O2S2/c8-3-1-5-11-7(6-10)2-4-9/h7-10H,1-6H2. The van der Waals surface area contributed by atoms with Crippen LogP contribution in [0.4, 0.5) is 0 Å². The van der Waals surface area contributed by atoms with Gasteiger partial charge in [0.05, 0.1) is 0 Å². The Bertz CT molecular complexity index is 80.8. The van der Waals surface area contributed by atoms with E-state index in [9.17, 15) is 0 Å². The van der Waals surface area contributed by atoms with E-state index < -0.39 is 0 Å². The maximum absolute atomic E-state index is 8.63. The van der Waals surface area contributed by atoms with Crippen LogP contribution in [0, 0.1) is 0 Å². The lowest BCUT2D eigenvalue weighted by Crippen LogP contribution is -2.08. The third kappa shape index (κ3) is 7.00. The molecule has 0 aliphatic heterocycles. The molecule has 0 aliphatic carbocycles. The second-order valence-corrected chi connectivity index (χ2v) is 4.04. The fourth-order valence-corrected chi connectivity index (χ4v) is 2.19. The molecule has 0 aromatic rings. The van der Waals surface area contributed by atoms with Crippen molar-refractivity contribution in [3.8, 4) is 0 Å². The van der Waals surface area contributed by atoms with Crippen molar-refractivity contribution in [2.24, 2.45) is 0 Å². The fourth-order valence-electron chi connectivity index (χ4n) is 0.686. The van der Waals surface area contributed by atoms with Crippen molar-refractivity contribution in [1.29, 1.82) is 0 Å². The first-order chi connectivity index (χ1) is 5.35. The summed E-state index contributed by atoms with van der Waals surface area (Å²) in [5.41, 5.74) is 0. The average Bonchev–Trinajstić information content (AvgIpc) is 2.03. The predicted molar refractivity (Wildman–Crippen MR) is 53.5 cm³/mol. The van der Waals surface area contributed by atoms with Crippen LogP contribution < -0.4 is 0 Å². The fraction of sp³-hybridized carbons (Fsp3) is 1.00. The third-order valence-corrected chi connectivity index (χ3v) is 3.40.